The van der Waals surface area contributed by atoms with E-state index in [2.05, 4.69) is 5.32 Å². The molecular weight excluding hydrogens is 458 g/mol. The lowest BCUT2D eigenvalue weighted by Gasteiger charge is -2.22. The normalized spacial score (nSPS) is 16.8. The smallest absolute Gasteiger partial charge is 0.332 e. The molecule has 1 atom stereocenters. The number of ether oxygens (including phenoxy) is 2. The van der Waals surface area contributed by atoms with Crippen molar-refractivity contribution in [2.75, 3.05) is 17.0 Å². The summed E-state index contributed by atoms with van der Waals surface area (Å²) in [7, 11) is 0. The number of hydrogen-bond donors (Lipinski definition) is 1. The molecule has 1 saturated heterocycles. The molecule has 5 rings (SSSR count). The highest BCUT2D eigenvalue weighted by Gasteiger charge is 2.46. The van der Waals surface area contributed by atoms with E-state index in [9.17, 15) is 14.4 Å². The van der Waals surface area contributed by atoms with Gasteiger partial charge in [-0.25, -0.2) is 9.69 Å². The van der Waals surface area contributed by atoms with E-state index in [-0.39, 0.29) is 25.7 Å². The molecule has 3 aromatic carbocycles. The van der Waals surface area contributed by atoms with E-state index in [0.717, 1.165) is 10.5 Å². The number of benzene rings is 3. The Bertz CT molecular complexity index is 1270. The molecule has 34 heavy (non-hydrogen) atoms. The van der Waals surface area contributed by atoms with E-state index in [1.165, 1.54) is 4.90 Å². The zero-order valence-electron chi connectivity index (χ0n) is 17.9. The molecule has 1 N–H and O–H groups in total. The molecule has 1 fully saturated rings. The number of amides is 4. The first-order valence-corrected chi connectivity index (χ1v) is 11.0. The van der Waals surface area contributed by atoms with Crippen molar-refractivity contribution in [3.63, 3.8) is 0 Å². The Hall–Kier alpha value is -4.04. The van der Waals surface area contributed by atoms with Crippen LogP contribution in [0.3, 0.4) is 0 Å². The molecule has 8 nitrogen and oxygen atoms in total. The molecule has 4 amide bonds. The van der Waals surface area contributed by atoms with Gasteiger partial charge in [0.2, 0.25) is 12.7 Å². The topological polar surface area (TPSA) is 88.2 Å². The number of nitrogens with one attached hydrogen (secondary N) is 1. The van der Waals surface area contributed by atoms with Crippen molar-refractivity contribution in [1.29, 1.82) is 0 Å². The zero-order valence-corrected chi connectivity index (χ0v) is 18.7. The first-order valence-electron chi connectivity index (χ1n) is 10.6. The molecule has 0 unspecified atom stereocenters. The van der Waals surface area contributed by atoms with Crippen LogP contribution in [-0.4, -0.2) is 35.6 Å². The number of urea groups is 1. The van der Waals surface area contributed by atoms with E-state index in [0.29, 0.717) is 27.9 Å². The van der Waals surface area contributed by atoms with E-state index in [1.807, 2.05) is 6.07 Å². The summed E-state index contributed by atoms with van der Waals surface area (Å²) in [5.74, 6) is 0.324. The Kier molecular flexibility index (Phi) is 5.81. The largest absolute Gasteiger partial charge is 0.454 e. The number of nitrogens with zero attached hydrogens (tertiary/aromatic N) is 2. The van der Waals surface area contributed by atoms with Gasteiger partial charge in [0.1, 0.15) is 6.04 Å². The van der Waals surface area contributed by atoms with Crippen molar-refractivity contribution in [2.45, 2.75) is 19.0 Å². The second-order valence-electron chi connectivity index (χ2n) is 7.89. The second kappa shape index (κ2) is 9.07. The summed E-state index contributed by atoms with van der Waals surface area (Å²) in [6, 6.07) is 19.2. The van der Waals surface area contributed by atoms with Crippen LogP contribution in [0.15, 0.2) is 72.8 Å². The van der Waals surface area contributed by atoms with Gasteiger partial charge in [-0.1, -0.05) is 41.9 Å². The molecule has 2 aliphatic rings. The zero-order chi connectivity index (χ0) is 23.7. The van der Waals surface area contributed by atoms with Crippen molar-refractivity contribution in [3.8, 4) is 11.5 Å². The third kappa shape index (κ3) is 4.27. The fraction of sp³-hybridized carbons (Fsp3) is 0.160. The van der Waals surface area contributed by atoms with Gasteiger partial charge in [0.05, 0.1) is 12.1 Å². The van der Waals surface area contributed by atoms with Crippen molar-refractivity contribution >= 4 is 40.8 Å². The summed E-state index contributed by atoms with van der Waals surface area (Å²) in [5, 5.41) is 3.18. The summed E-state index contributed by atoms with van der Waals surface area (Å²) in [6.45, 7) is 0.242. The average Bonchev–Trinajstić information content (AvgIpc) is 3.38. The lowest BCUT2D eigenvalue weighted by molar-refractivity contribution is -0.124. The van der Waals surface area contributed by atoms with Crippen LogP contribution >= 0.6 is 11.6 Å². The number of halogens is 1. The Morgan fingerprint density at radius 2 is 1.76 bits per heavy atom. The van der Waals surface area contributed by atoms with Gasteiger partial charge in [0, 0.05) is 17.3 Å². The first kappa shape index (κ1) is 21.8. The number of hydrogen-bond acceptors (Lipinski definition) is 5. The molecule has 3 aromatic rings. The average molecular weight is 478 g/mol. The second-order valence-corrected chi connectivity index (χ2v) is 8.32. The third-order valence-corrected chi connectivity index (χ3v) is 5.85. The molecule has 172 valence electrons. The molecule has 0 radical (unpaired) electrons. The number of carbonyl (C=O) groups excluding carboxylic acids is 3. The van der Waals surface area contributed by atoms with Crippen molar-refractivity contribution in [1.82, 2.24) is 4.90 Å². The quantitative estimate of drug-likeness (QED) is 0.530. The van der Waals surface area contributed by atoms with Gasteiger partial charge in [-0.05, 0) is 48.0 Å². The highest BCUT2D eigenvalue weighted by molar-refractivity contribution is 6.31. The van der Waals surface area contributed by atoms with Crippen LogP contribution in [0.4, 0.5) is 16.2 Å². The number of rotatable bonds is 6. The molecular formula is C25H20ClN3O5. The minimum Gasteiger partial charge on any atom is -0.454 e. The molecule has 0 aromatic heterocycles. The molecule has 9 heteroatoms. The molecule has 0 bridgehead atoms. The van der Waals surface area contributed by atoms with Crippen LogP contribution in [0, 0.1) is 0 Å². The maximum atomic E-state index is 13.4. The van der Waals surface area contributed by atoms with Crippen LogP contribution in [0.25, 0.3) is 0 Å². The molecule has 0 spiro atoms. The lowest BCUT2D eigenvalue weighted by atomic mass is 10.1. The number of para-hydroxylation sites is 1. The van der Waals surface area contributed by atoms with Crippen molar-refractivity contribution in [2.24, 2.45) is 0 Å². The minimum absolute atomic E-state index is 0.113. The van der Waals surface area contributed by atoms with Crippen LogP contribution in [0.1, 0.15) is 12.0 Å². The van der Waals surface area contributed by atoms with Gasteiger partial charge in [-0.15, -0.1) is 0 Å². The number of imide groups is 1. The Labute approximate surface area is 200 Å². The number of carbonyl (C=O) groups is 3. The third-order valence-electron chi connectivity index (χ3n) is 5.61. The Balaban J connectivity index is 1.43. The maximum absolute atomic E-state index is 13.4. The minimum atomic E-state index is -0.986. The van der Waals surface area contributed by atoms with E-state index >= 15 is 0 Å². The monoisotopic (exact) mass is 477 g/mol. The van der Waals surface area contributed by atoms with Crippen LogP contribution in [0.2, 0.25) is 5.02 Å². The lowest BCUT2D eigenvalue weighted by Crippen LogP contribution is -2.37. The van der Waals surface area contributed by atoms with Gasteiger partial charge in [-0.2, -0.15) is 0 Å². The predicted molar refractivity (Wildman–Crippen MR) is 126 cm³/mol. The van der Waals surface area contributed by atoms with Gasteiger partial charge in [0.15, 0.2) is 11.5 Å². The fourth-order valence-corrected chi connectivity index (χ4v) is 4.20. The van der Waals surface area contributed by atoms with Gasteiger partial charge < -0.3 is 19.7 Å². The summed E-state index contributed by atoms with van der Waals surface area (Å²) < 4.78 is 10.8. The van der Waals surface area contributed by atoms with Crippen LogP contribution < -0.4 is 19.7 Å². The Morgan fingerprint density at radius 3 is 2.56 bits per heavy atom. The van der Waals surface area contributed by atoms with E-state index in [4.69, 9.17) is 21.1 Å². The van der Waals surface area contributed by atoms with Gasteiger partial charge in [0.25, 0.3) is 5.91 Å². The van der Waals surface area contributed by atoms with Crippen molar-refractivity contribution < 1.29 is 23.9 Å². The predicted octanol–water partition coefficient (Wildman–Crippen LogP) is 4.43. The van der Waals surface area contributed by atoms with Gasteiger partial charge >= 0.3 is 6.03 Å². The first-order chi connectivity index (χ1) is 16.5. The highest BCUT2D eigenvalue weighted by Crippen LogP contribution is 2.35. The standard InChI is InChI=1S/C25H20ClN3O5/c26-17-5-4-8-19(12-17)29-24(31)20(13-23(30)27-18-6-2-1-3-7-18)28(25(29)32)14-16-9-10-21-22(11-16)34-15-33-21/h1-12,20H,13-15H2,(H,27,30)/t20-/m1/s1. The summed E-state index contributed by atoms with van der Waals surface area (Å²) in [4.78, 5) is 42.1. The van der Waals surface area contributed by atoms with Crippen LogP contribution in [0.5, 0.6) is 11.5 Å². The van der Waals surface area contributed by atoms with Crippen molar-refractivity contribution in [3.05, 3.63) is 83.4 Å². The Morgan fingerprint density at radius 1 is 0.971 bits per heavy atom. The molecule has 0 aliphatic carbocycles. The van der Waals surface area contributed by atoms with E-state index in [1.54, 1.807) is 66.7 Å². The van der Waals surface area contributed by atoms with Gasteiger partial charge in [-0.3, -0.25) is 9.59 Å². The fourth-order valence-electron chi connectivity index (χ4n) is 4.01. The SMILES string of the molecule is O=C(C[C@@H]1C(=O)N(c2cccc(Cl)c2)C(=O)N1Cc1ccc2c(c1)OCO2)Nc1ccccc1. The molecule has 2 heterocycles. The summed E-state index contributed by atoms with van der Waals surface area (Å²) >= 11 is 6.10. The number of fused-ring (bicyclic) bond motifs is 1. The molecule has 0 saturated carbocycles. The van der Waals surface area contributed by atoms with E-state index < -0.39 is 18.0 Å². The number of anilines is 2. The summed E-state index contributed by atoms with van der Waals surface area (Å²) in [5.41, 5.74) is 1.70. The summed E-state index contributed by atoms with van der Waals surface area (Å²) in [6.07, 6.45) is -0.193. The maximum Gasteiger partial charge on any atom is 0.332 e. The van der Waals surface area contributed by atoms with Crippen LogP contribution in [-0.2, 0) is 16.1 Å². The molecule has 2 aliphatic heterocycles. The highest BCUT2D eigenvalue weighted by atomic mass is 35.5.